The predicted molar refractivity (Wildman–Crippen MR) is 70.5 cm³/mol. The van der Waals surface area contributed by atoms with Gasteiger partial charge in [0.25, 0.3) is 0 Å². The average molecular weight is 262 g/mol. The lowest BCUT2D eigenvalue weighted by molar-refractivity contribution is -0.758. The van der Waals surface area contributed by atoms with Crippen LogP contribution in [0, 0.1) is 0 Å². The molecular weight excluding hydrogens is 246 g/mol. The van der Waals surface area contributed by atoms with Crippen molar-refractivity contribution < 1.29 is 9.42 Å². The molecule has 0 amide bonds. The van der Waals surface area contributed by atoms with Gasteiger partial charge in [0, 0.05) is 5.75 Å². The van der Waals surface area contributed by atoms with Crippen molar-refractivity contribution in [2.24, 2.45) is 0 Å². The second-order valence-corrected chi connectivity index (χ2v) is 5.69. The van der Waals surface area contributed by atoms with Gasteiger partial charge in [0.15, 0.2) is 0 Å². The summed E-state index contributed by atoms with van der Waals surface area (Å²) >= 11 is 2.00. The molecular formula is C13H16N3OS+. The zero-order valence-electron chi connectivity index (χ0n) is 10.3. The predicted octanol–water partition coefficient (Wildman–Crippen LogP) is 1.49. The summed E-state index contributed by atoms with van der Waals surface area (Å²) in [6.45, 7) is 2.11. The van der Waals surface area contributed by atoms with Gasteiger partial charge in [-0.3, -0.25) is 0 Å². The lowest BCUT2D eigenvalue weighted by Crippen LogP contribution is -2.36. The first-order valence-corrected chi connectivity index (χ1v) is 7.04. The van der Waals surface area contributed by atoms with Crippen LogP contribution in [0.15, 0.2) is 36.9 Å². The molecule has 1 aliphatic heterocycles. The van der Waals surface area contributed by atoms with Crippen molar-refractivity contribution >= 4 is 11.8 Å². The number of fused-ring (bicyclic) bond motifs is 1. The molecule has 94 valence electrons. The Labute approximate surface area is 111 Å². The number of hydrogen-bond acceptors (Lipinski definition) is 3. The van der Waals surface area contributed by atoms with Gasteiger partial charge in [-0.15, -0.1) is 11.8 Å². The summed E-state index contributed by atoms with van der Waals surface area (Å²) in [4.78, 5) is 4.12. The van der Waals surface area contributed by atoms with Crippen LogP contribution in [0.3, 0.4) is 0 Å². The standard InChI is InChI=1S/C13H16N3OS/c1-17-12-4-2-11(3-5-12)8-18-13-6-15-9-14-10-16(15)7-13/h2-5,9-10,13H,6-8H2,1H3/q+1. The zero-order valence-corrected chi connectivity index (χ0v) is 11.1. The van der Waals surface area contributed by atoms with Crippen LogP contribution in [-0.4, -0.2) is 22.0 Å². The van der Waals surface area contributed by atoms with Crippen LogP contribution in [0.4, 0.5) is 0 Å². The Morgan fingerprint density at radius 3 is 3.00 bits per heavy atom. The Kier molecular flexibility index (Phi) is 3.23. The van der Waals surface area contributed by atoms with Crippen LogP contribution < -0.4 is 9.42 Å². The van der Waals surface area contributed by atoms with E-state index in [2.05, 4.69) is 26.5 Å². The monoisotopic (exact) mass is 262 g/mol. The number of ether oxygens (including phenoxy) is 1. The normalized spacial score (nSPS) is 17.7. The fraction of sp³-hybridized carbons (Fsp3) is 0.385. The molecule has 4 nitrogen and oxygen atoms in total. The van der Waals surface area contributed by atoms with Gasteiger partial charge >= 0.3 is 6.33 Å². The van der Waals surface area contributed by atoms with Crippen molar-refractivity contribution in [2.45, 2.75) is 24.1 Å². The fourth-order valence-corrected chi connectivity index (χ4v) is 3.27. The summed E-state index contributed by atoms with van der Waals surface area (Å²) in [6.07, 6.45) is 3.79. The average Bonchev–Trinajstić information content (AvgIpc) is 2.97. The van der Waals surface area contributed by atoms with E-state index in [1.165, 1.54) is 5.56 Å². The smallest absolute Gasteiger partial charge is 0.306 e. The molecule has 0 N–H and O–H groups in total. The summed E-state index contributed by atoms with van der Waals surface area (Å²) < 4.78 is 9.50. The van der Waals surface area contributed by atoms with Crippen molar-refractivity contribution in [3.05, 3.63) is 42.5 Å². The van der Waals surface area contributed by atoms with Crippen molar-refractivity contribution in [1.82, 2.24) is 9.67 Å². The van der Waals surface area contributed by atoms with Crippen molar-refractivity contribution in [3.8, 4) is 5.75 Å². The molecule has 0 atom stereocenters. The number of hydrogen-bond donors (Lipinski definition) is 0. The summed E-state index contributed by atoms with van der Waals surface area (Å²) in [5.41, 5.74) is 1.35. The number of nitrogens with zero attached hydrogens (tertiary/aromatic N) is 3. The van der Waals surface area contributed by atoms with Crippen LogP contribution in [-0.2, 0) is 18.8 Å². The fourth-order valence-electron chi connectivity index (χ4n) is 2.14. The minimum Gasteiger partial charge on any atom is -0.497 e. The molecule has 5 heteroatoms. The van der Waals surface area contributed by atoms with Crippen molar-refractivity contribution in [3.63, 3.8) is 0 Å². The molecule has 0 unspecified atom stereocenters. The van der Waals surface area contributed by atoms with Crippen LogP contribution in [0.25, 0.3) is 0 Å². The highest BCUT2D eigenvalue weighted by Gasteiger charge is 2.25. The summed E-state index contributed by atoms with van der Waals surface area (Å²) in [6, 6.07) is 8.31. The molecule has 1 aliphatic rings. The van der Waals surface area contributed by atoms with Crippen LogP contribution in [0.5, 0.6) is 5.75 Å². The first-order valence-electron chi connectivity index (χ1n) is 5.99. The third-order valence-corrected chi connectivity index (χ3v) is 4.43. The van der Waals surface area contributed by atoms with Gasteiger partial charge in [0.05, 0.1) is 18.9 Å². The minimum atomic E-state index is 0.648. The van der Waals surface area contributed by atoms with Gasteiger partial charge in [0.2, 0.25) is 6.33 Å². The highest BCUT2D eigenvalue weighted by atomic mass is 32.2. The zero-order chi connectivity index (χ0) is 12.4. The number of aromatic nitrogens is 3. The largest absolute Gasteiger partial charge is 0.497 e. The van der Waals surface area contributed by atoms with E-state index in [9.17, 15) is 0 Å². The third kappa shape index (κ3) is 2.36. The Bertz CT molecular complexity index is 503. The minimum absolute atomic E-state index is 0.648. The van der Waals surface area contributed by atoms with E-state index in [-0.39, 0.29) is 0 Å². The first kappa shape index (κ1) is 11.6. The molecule has 1 aromatic carbocycles. The second kappa shape index (κ2) is 5.02. The van der Waals surface area contributed by atoms with Crippen molar-refractivity contribution in [2.75, 3.05) is 7.11 Å². The molecule has 2 heterocycles. The van der Waals surface area contributed by atoms with E-state index in [0.29, 0.717) is 5.25 Å². The van der Waals surface area contributed by atoms with E-state index in [4.69, 9.17) is 4.74 Å². The molecule has 0 saturated carbocycles. The maximum absolute atomic E-state index is 5.16. The topological polar surface area (TPSA) is 30.9 Å². The van der Waals surface area contributed by atoms with E-state index >= 15 is 0 Å². The molecule has 0 spiro atoms. The Balaban J connectivity index is 1.54. The van der Waals surface area contributed by atoms with Crippen LogP contribution in [0.2, 0.25) is 0 Å². The van der Waals surface area contributed by atoms with Gasteiger partial charge in [-0.1, -0.05) is 12.1 Å². The highest BCUT2D eigenvalue weighted by Crippen LogP contribution is 2.22. The van der Waals surface area contributed by atoms with E-state index in [1.54, 1.807) is 7.11 Å². The van der Waals surface area contributed by atoms with Gasteiger partial charge in [0.1, 0.15) is 12.3 Å². The van der Waals surface area contributed by atoms with Crippen LogP contribution >= 0.6 is 11.8 Å². The van der Waals surface area contributed by atoms with Gasteiger partial charge < -0.3 is 4.74 Å². The van der Waals surface area contributed by atoms with Gasteiger partial charge in [-0.05, 0) is 22.7 Å². The second-order valence-electron chi connectivity index (χ2n) is 4.41. The Morgan fingerprint density at radius 2 is 2.28 bits per heavy atom. The van der Waals surface area contributed by atoms with Gasteiger partial charge in [-0.25, -0.2) is 0 Å². The van der Waals surface area contributed by atoms with Gasteiger partial charge in [-0.2, -0.15) is 9.36 Å². The maximum atomic E-state index is 5.16. The molecule has 2 aromatic rings. The molecule has 0 fully saturated rings. The lowest BCUT2D eigenvalue weighted by Gasteiger charge is -2.06. The SMILES string of the molecule is COc1ccc(CSC2Cn3cnc[n+]3C2)cc1. The molecule has 0 saturated heterocycles. The maximum Gasteiger partial charge on any atom is 0.306 e. The summed E-state index contributed by atoms with van der Waals surface area (Å²) in [5, 5.41) is 0.648. The molecule has 0 aliphatic carbocycles. The number of thioether (sulfide) groups is 1. The van der Waals surface area contributed by atoms with E-state index in [1.807, 2.05) is 36.5 Å². The number of methoxy groups -OCH3 is 1. The van der Waals surface area contributed by atoms with E-state index in [0.717, 1.165) is 24.6 Å². The molecule has 18 heavy (non-hydrogen) atoms. The number of benzene rings is 1. The Morgan fingerprint density at radius 1 is 1.44 bits per heavy atom. The molecule has 0 bridgehead atoms. The van der Waals surface area contributed by atoms with E-state index < -0.39 is 0 Å². The quantitative estimate of drug-likeness (QED) is 0.782. The summed E-state index contributed by atoms with van der Waals surface area (Å²) in [5.74, 6) is 1.97. The molecule has 1 aromatic heterocycles. The molecule has 0 radical (unpaired) electrons. The summed E-state index contributed by atoms with van der Waals surface area (Å²) in [7, 11) is 1.70. The van der Waals surface area contributed by atoms with Crippen molar-refractivity contribution in [1.29, 1.82) is 0 Å². The van der Waals surface area contributed by atoms with Crippen LogP contribution in [0.1, 0.15) is 5.56 Å². The lowest BCUT2D eigenvalue weighted by atomic mass is 10.2. The Hall–Kier alpha value is -1.49. The third-order valence-electron chi connectivity index (χ3n) is 3.16. The molecule has 3 rings (SSSR count). The first-order chi connectivity index (χ1) is 8.85. The highest BCUT2D eigenvalue weighted by molar-refractivity contribution is 7.99. The number of rotatable bonds is 4.